The normalized spacial score (nSPS) is 17.6. The molecule has 0 aliphatic carbocycles. The second kappa shape index (κ2) is 12.4. The highest BCUT2D eigenvalue weighted by Gasteiger charge is 2.28. The Morgan fingerprint density at radius 1 is 1.40 bits per heavy atom. The molecule has 1 aromatic carbocycles. The van der Waals surface area contributed by atoms with Crippen LogP contribution in [-0.4, -0.2) is 55.9 Å². The van der Waals surface area contributed by atoms with E-state index >= 15 is 0 Å². The number of esters is 1. The maximum Gasteiger partial charge on any atom is 0.310 e. The van der Waals surface area contributed by atoms with Crippen molar-refractivity contribution in [2.75, 3.05) is 39.0 Å². The molecule has 1 aromatic rings. The highest BCUT2D eigenvalue weighted by atomic mass is 127. The molecule has 25 heavy (non-hydrogen) atoms. The number of nitrogens with zero attached hydrogens (tertiary/aromatic N) is 2. The minimum atomic E-state index is -0.0858. The summed E-state index contributed by atoms with van der Waals surface area (Å²) in [6.07, 6.45) is 1.89. The maximum atomic E-state index is 12.0. The fraction of sp³-hybridized carbons (Fsp3) is 0.556. The topological polar surface area (TPSA) is 53.9 Å². The number of aliphatic imine (C=N–C) groups is 1. The van der Waals surface area contributed by atoms with Gasteiger partial charge in [0.2, 0.25) is 0 Å². The van der Waals surface area contributed by atoms with Crippen LogP contribution < -0.4 is 5.32 Å². The van der Waals surface area contributed by atoms with Gasteiger partial charge in [0.1, 0.15) is 0 Å². The molecule has 0 radical (unpaired) electrons. The van der Waals surface area contributed by atoms with Crippen LogP contribution in [0.25, 0.3) is 0 Å². The molecule has 5 nitrogen and oxygen atoms in total. The van der Waals surface area contributed by atoms with Crippen LogP contribution in [0.3, 0.4) is 0 Å². The van der Waals surface area contributed by atoms with Crippen LogP contribution in [0.15, 0.2) is 40.2 Å². The molecule has 0 bridgehead atoms. The van der Waals surface area contributed by atoms with Gasteiger partial charge in [0, 0.05) is 37.3 Å². The number of piperidine rings is 1. The van der Waals surface area contributed by atoms with Gasteiger partial charge in [-0.15, -0.1) is 35.7 Å². The Balaban J connectivity index is 0.00000312. The Morgan fingerprint density at radius 3 is 2.84 bits per heavy atom. The SMILES string of the molecule is CCOC(=O)C1CCCN(C(=NC)NCCSc2ccccc2)C1.I. The van der Waals surface area contributed by atoms with E-state index in [1.165, 1.54) is 4.90 Å². The van der Waals surface area contributed by atoms with Crippen LogP contribution in [0.2, 0.25) is 0 Å². The predicted molar refractivity (Wildman–Crippen MR) is 115 cm³/mol. The minimum absolute atomic E-state index is 0. The van der Waals surface area contributed by atoms with Crippen molar-refractivity contribution >= 4 is 47.7 Å². The summed E-state index contributed by atoms with van der Waals surface area (Å²) in [5, 5.41) is 3.40. The highest BCUT2D eigenvalue weighted by molar-refractivity contribution is 14.0. The molecule has 0 amide bonds. The van der Waals surface area contributed by atoms with E-state index in [1.807, 2.05) is 24.8 Å². The number of nitrogens with one attached hydrogen (secondary N) is 1. The molecule has 0 spiro atoms. The van der Waals surface area contributed by atoms with Gasteiger partial charge in [0.15, 0.2) is 5.96 Å². The molecule has 0 aromatic heterocycles. The number of halogens is 1. The standard InChI is InChI=1S/C18H27N3O2S.HI/c1-3-23-17(22)15-8-7-12-21(14-15)18(19-2)20-11-13-24-16-9-5-4-6-10-16;/h4-6,9-10,15H,3,7-8,11-14H2,1-2H3,(H,19,20);1H. The van der Waals surface area contributed by atoms with Crippen LogP contribution in [0.1, 0.15) is 19.8 Å². The third kappa shape index (κ3) is 7.43. The number of carbonyl (C=O) groups excluding carboxylic acids is 1. The van der Waals surface area contributed by atoms with Gasteiger partial charge in [-0.2, -0.15) is 0 Å². The number of ether oxygens (including phenoxy) is 1. The number of benzene rings is 1. The van der Waals surface area contributed by atoms with Crippen molar-refractivity contribution in [2.24, 2.45) is 10.9 Å². The molecule has 1 atom stereocenters. The Labute approximate surface area is 172 Å². The number of hydrogen-bond donors (Lipinski definition) is 1. The maximum absolute atomic E-state index is 12.0. The van der Waals surface area contributed by atoms with Crippen molar-refractivity contribution in [1.29, 1.82) is 0 Å². The van der Waals surface area contributed by atoms with E-state index in [0.29, 0.717) is 13.2 Å². The first-order valence-electron chi connectivity index (χ1n) is 8.54. The lowest BCUT2D eigenvalue weighted by Crippen LogP contribution is -2.48. The number of carbonyl (C=O) groups is 1. The number of likely N-dealkylation sites (tertiary alicyclic amines) is 1. The molecule has 7 heteroatoms. The van der Waals surface area contributed by atoms with Crippen LogP contribution in [0.4, 0.5) is 0 Å². The van der Waals surface area contributed by atoms with Crippen molar-refractivity contribution in [2.45, 2.75) is 24.7 Å². The van der Waals surface area contributed by atoms with Gasteiger partial charge in [-0.05, 0) is 31.9 Å². The van der Waals surface area contributed by atoms with E-state index in [2.05, 4.69) is 39.5 Å². The molecule has 140 valence electrons. The van der Waals surface area contributed by atoms with Gasteiger partial charge >= 0.3 is 5.97 Å². The largest absolute Gasteiger partial charge is 0.466 e. The molecule has 1 fully saturated rings. The Morgan fingerprint density at radius 2 is 2.16 bits per heavy atom. The fourth-order valence-electron chi connectivity index (χ4n) is 2.80. The van der Waals surface area contributed by atoms with Crippen LogP contribution >= 0.6 is 35.7 Å². The lowest BCUT2D eigenvalue weighted by molar-refractivity contribution is -0.149. The minimum Gasteiger partial charge on any atom is -0.466 e. The van der Waals surface area contributed by atoms with Gasteiger partial charge in [0.05, 0.1) is 12.5 Å². The summed E-state index contributed by atoms with van der Waals surface area (Å²) in [5.41, 5.74) is 0. The lowest BCUT2D eigenvalue weighted by Gasteiger charge is -2.33. The second-order valence-corrected chi connectivity index (χ2v) is 6.84. The zero-order valence-electron chi connectivity index (χ0n) is 14.9. The van der Waals surface area contributed by atoms with Gasteiger partial charge in [-0.25, -0.2) is 0 Å². The molecule has 1 unspecified atom stereocenters. The van der Waals surface area contributed by atoms with Crippen LogP contribution in [0, 0.1) is 5.92 Å². The van der Waals surface area contributed by atoms with E-state index in [4.69, 9.17) is 4.74 Å². The molecular formula is C18H28IN3O2S. The van der Waals surface area contributed by atoms with Gasteiger partial charge in [0.25, 0.3) is 0 Å². The number of thioether (sulfide) groups is 1. The molecule has 0 saturated carbocycles. The Kier molecular flexibility index (Phi) is 11.0. The first kappa shape index (κ1) is 22.1. The van der Waals surface area contributed by atoms with Crippen LogP contribution in [0.5, 0.6) is 0 Å². The number of guanidine groups is 1. The second-order valence-electron chi connectivity index (χ2n) is 5.67. The van der Waals surface area contributed by atoms with Crippen molar-refractivity contribution < 1.29 is 9.53 Å². The number of hydrogen-bond acceptors (Lipinski definition) is 4. The molecule has 1 aliphatic heterocycles. The third-order valence-electron chi connectivity index (χ3n) is 3.95. The van der Waals surface area contributed by atoms with Gasteiger partial charge in [-0.3, -0.25) is 9.79 Å². The van der Waals surface area contributed by atoms with Crippen molar-refractivity contribution in [3.8, 4) is 0 Å². The first-order chi connectivity index (χ1) is 11.7. The lowest BCUT2D eigenvalue weighted by atomic mass is 9.98. The third-order valence-corrected chi connectivity index (χ3v) is 4.96. The molecule has 1 N–H and O–H groups in total. The van der Waals surface area contributed by atoms with E-state index < -0.39 is 0 Å². The number of rotatable bonds is 6. The Bertz CT molecular complexity index is 542. The Hall–Kier alpha value is -0.960. The average Bonchev–Trinajstić information content (AvgIpc) is 2.63. The van der Waals surface area contributed by atoms with E-state index in [0.717, 1.165) is 37.6 Å². The van der Waals surface area contributed by atoms with Crippen LogP contribution in [-0.2, 0) is 9.53 Å². The van der Waals surface area contributed by atoms with E-state index in [9.17, 15) is 4.79 Å². The average molecular weight is 477 g/mol. The summed E-state index contributed by atoms with van der Waals surface area (Å²) in [6, 6.07) is 10.4. The van der Waals surface area contributed by atoms with Crippen molar-refractivity contribution in [3.63, 3.8) is 0 Å². The zero-order valence-corrected chi connectivity index (χ0v) is 18.1. The monoisotopic (exact) mass is 477 g/mol. The highest BCUT2D eigenvalue weighted by Crippen LogP contribution is 2.18. The quantitative estimate of drug-likeness (QED) is 0.170. The van der Waals surface area contributed by atoms with Crippen molar-refractivity contribution in [3.05, 3.63) is 30.3 Å². The summed E-state index contributed by atoms with van der Waals surface area (Å²) in [4.78, 5) is 19.8. The zero-order chi connectivity index (χ0) is 17.2. The summed E-state index contributed by atoms with van der Waals surface area (Å²) in [6.45, 7) is 4.75. The summed E-state index contributed by atoms with van der Waals surface area (Å²) in [5.74, 6) is 1.71. The van der Waals surface area contributed by atoms with Crippen molar-refractivity contribution in [1.82, 2.24) is 10.2 Å². The molecular weight excluding hydrogens is 449 g/mol. The van der Waals surface area contributed by atoms with E-state index in [1.54, 1.807) is 7.05 Å². The summed E-state index contributed by atoms with van der Waals surface area (Å²) in [7, 11) is 1.79. The molecule has 2 rings (SSSR count). The van der Waals surface area contributed by atoms with Gasteiger partial charge in [-0.1, -0.05) is 18.2 Å². The van der Waals surface area contributed by atoms with Gasteiger partial charge < -0.3 is 15.0 Å². The molecule has 1 saturated heterocycles. The summed E-state index contributed by atoms with van der Waals surface area (Å²) < 4.78 is 5.16. The first-order valence-corrected chi connectivity index (χ1v) is 9.53. The smallest absolute Gasteiger partial charge is 0.310 e. The fourth-order valence-corrected chi connectivity index (χ4v) is 3.59. The summed E-state index contributed by atoms with van der Waals surface area (Å²) >= 11 is 1.82. The molecule has 1 aliphatic rings. The molecule has 1 heterocycles. The van der Waals surface area contributed by atoms with E-state index in [-0.39, 0.29) is 35.9 Å². The predicted octanol–water partition coefficient (Wildman–Crippen LogP) is 3.25.